The zero-order valence-electron chi connectivity index (χ0n) is 19.0. The van der Waals surface area contributed by atoms with Gasteiger partial charge in [-0.3, -0.25) is 4.98 Å². The third kappa shape index (κ3) is 5.54. The van der Waals surface area contributed by atoms with Crippen LogP contribution in [0.5, 0.6) is 5.75 Å². The number of urea groups is 1. The number of hydrogen-bond donors (Lipinski definition) is 3. The van der Waals surface area contributed by atoms with Gasteiger partial charge in [0.15, 0.2) is 0 Å². The fourth-order valence-electron chi connectivity index (χ4n) is 3.68. The van der Waals surface area contributed by atoms with Crippen LogP contribution in [0, 0.1) is 0 Å². The molecule has 5 rings (SSSR count). The lowest BCUT2D eigenvalue weighted by molar-refractivity contribution is 0.262. The molecule has 5 aromatic rings. The van der Waals surface area contributed by atoms with Gasteiger partial charge in [-0.1, -0.05) is 34.8 Å². The Balaban J connectivity index is 1.40. The standard InChI is InChI=1S/C27H18Cl3N5O2/c28-22-7-4-19(14-23(22)29)33-27(37)32-18-2-5-20(6-3-18)35-15-21(16-9-11-31-12-10-16)26(34-35)17-1-8-25(36)24(30)13-17/h1-15,36H,(H2,32,33,37). The topological polar surface area (TPSA) is 92.1 Å². The molecule has 0 aliphatic rings. The van der Waals surface area contributed by atoms with Crippen molar-refractivity contribution in [3.8, 4) is 33.8 Å². The van der Waals surface area contributed by atoms with Crippen LogP contribution >= 0.6 is 34.8 Å². The highest BCUT2D eigenvalue weighted by Gasteiger charge is 2.16. The Bertz CT molecular complexity index is 1590. The number of anilines is 2. The smallest absolute Gasteiger partial charge is 0.323 e. The number of aromatic nitrogens is 3. The molecule has 184 valence electrons. The average molecular weight is 551 g/mol. The molecule has 2 amide bonds. The van der Waals surface area contributed by atoms with Gasteiger partial charge in [0.25, 0.3) is 0 Å². The molecule has 0 radical (unpaired) electrons. The molecule has 10 heteroatoms. The van der Waals surface area contributed by atoms with Crippen LogP contribution in [0.3, 0.4) is 0 Å². The Labute approximate surface area is 227 Å². The first-order chi connectivity index (χ1) is 17.9. The Kier molecular flexibility index (Phi) is 7.01. The van der Waals surface area contributed by atoms with Crippen molar-refractivity contribution in [2.45, 2.75) is 0 Å². The van der Waals surface area contributed by atoms with Gasteiger partial charge >= 0.3 is 6.03 Å². The Morgan fingerprint density at radius 2 is 1.46 bits per heavy atom. The average Bonchev–Trinajstić information content (AvgIpc) is 3.34. The Morgan fingerprint density at radius 3 is 2.16 bits per heavy atom. The zero-order valence-corrected chi connectivity index (χ0v) is 21.3. The summed E-state index contributed by atoms with van der Waals surface area (Å²) in [6, 6.07) is 20.4. The predicted octanol–water partition coefficient (Wildman–Crippen LogP) is 7.91. The number of benzene rings is 3. The summed E-state index contributed by atoms with van der Waals surface area (Å²) in [6.07, 6.45) is 5.33. The summed E-state index contributed by atoms with van der Waals surface area (Å²) in [5, 5.41) is 21.1. The summed E-state index contributed by atoms with van der Waals surface area (Å²) in [5.74, 6) is 0.00148. The van der Waals surface area contributed by atoms with Crippen LogP contribution < -0.4 is 10.6 Å². The molecule has 0 unspecified atom stereocenters. The first-order valence-corrected chi connectivity index (χ1v) is 12.1. The fraction of sp³-hybridized carbons (Fsp3) is 0. The highest BCUT2D eigenvalue weighted by Crippen LogP contribution is 2.35. The highest BCUT2D eigenvalue weighted by molar-refractivity contribution is 6.42. The molecule has 0 aliphatic carbocycles. The monoisotopic (exact) mass is 549 g/mol. The molecular formula is C27H18Cl3N5O2. The number of nitrogens with zero attached hydrogens (tertiary/aromatic N) is 3. The van der Waals surface area contributed by atoms with Crippen molar-refractivity contribution in [2.24, 2.45) is 0 Å². The van der Waals surface area contributed by atoms with E-state index in [0.29, 0.717) is 27.1 Å². The van der Waals surface area contributed by atoms with E-state index < -0.39 is 6.03 Å². The molecule has 0 spiro atoms. The minimum Gasteiger partial charge on any atom is -0.506 e. The number of phenolic OH excluding ortho intramolecular Hbond substituents is 1. The first-order valence-electron chi connectivity index (χ1n) is 11.0. The predicted molar refractivity (Wildman–Crippen MR) is 148 cm³/mol. The Hall–Kier alpha value is -4.04. The van der Waals surface area contributed by atoms with Crippen LogP contribution in [0.25, 0.3) is 28.1 Å². The van der Waals surface area contributed by atoms with Crippen LogP contribution in [-0.4, -0.2) is 25.9 Å². The summed E-state index contributed by atoms with van der Waals surface area (Å²) in [7, 11) is 0. The van der Waals surface area contributed by atoms with Crippen LogP contribution in [0.4, 0.5) is 16.2 Å². The number of carbonyl (C=O) groups is 1. The quantitative estimate of drug-likeness (QED) is 0.207. The van der Waals surface area contributed by atoms with Gasteiger partial charge in [-0.05, 0) is 78.4 Å². The van der Waals surface area contributed by atoms with Crippen molar-refractivity contribution in [3.63, 3.8) is 0 Å². The second-order valence-electron chi connectivity index (χ2n) is 7.99. The van der Waals surface area contributed by atoms with E-state index in [4.69, 9.17) is 39.9 Å². The van der Waals surface area contributed by atoms with Gasteiger partial charge in [0.1, 0.15) is 11.4 Å². The van der Waals surface area contributed by atoms with Crippen molar-refractivity contribution >= 4 is 52.2 Å². The van der Waals surface area contributed by atoms with E-state index in [1.807, 2.05) is 30.5 Å². The van der Waals surface area contributed by atoms with E-state index in [2.05, 4.69) is 15.6 Å². The lowest BCUT2D eigenvalue weighted by Gasteiger charge is -2.09. The van der Waals surface area contributed by atoms with Crippen molar-refractivity contribution in [2.75, 3.05) is 10.6 Å². The normalized spacial score (nSPS) is 10.8. The van der Waals surface area contributed by atoms with Crippen molar-refractivity contribution in [1.29, 1.82) is 0 Å². The highest BCUT2D eigenvalue weighted by atomic mass is 35.5. The largest absolute Gasteiger partial charge is 0.506 e. The van der Waals surface area contributed by atoms with Gasteiger partial charge in [-0.25, -0.2) is 9.48 Å². The van der Waals surface area contributed by atoms with E-state index in [1.54, 1.807) is 59.5 Å². The van der Waals surface area contributed by atoms with E-state index in [9.17, 15) is 9.90 Å². The van der Waals surface area contributed by atoms with E-state index >= 15 is 0 Å². The number of halogens is 3. The maximum absolute atomic E-state index is 12.4. The molecule has 0 aliphatic heterocycles. The minimum atomic E-state index is -0.420. The lowest BCUT2D eigenvalue weighted by Crippen LogP contribution is -2.19. The first kappa shape index (κ1) is 24.6. The zero-order chi connectivity index (χ0) is 25.9. The fourth-order valence-corrected chi connectivity index (χ4v) is 4.16. The van der Waals surface area contributed by atoms with Gasteiger partial charge in [-0.15, -0.1) is 0 Å². The molecular weight excluding hydrogens is 533 g/mol. The van der Waals surface area contributed by atoms with E-state index in [-0.39, 0.29) is 10.8 Å². The number of aromatic hydroxyl groups is 1. The number of phenols is 1. The van der Waals surface area contributed by atoms with E-state index in [1.165, 1.54) is 6.07 Å². The molecule has 2 heterocycles. The van der Waals surface area contributed by atoms with Crippen LogP contribution in [-0.2, 0) is 0 Å². The summed E-state index contributed by atoms with van der Waals surface area (Å²) in [6.45, 7) is 0. The maximum Gasteiger partial charge on any atom is 0.323 e. The molecule has 2 aromatic heterocycles. The van der Waals surface area contributed by atoms with Gasteiger partial charge < -0.3 is 15.7 Å². The third-order valence-corrected chi connectivity index (χ3v) is 6.54. The van der Waals surface area contributed by atoms with Crippen LogP contribution in [0.1, 0.15) is 0 Å². The molecule has 3 N–H and O–H groups in total. The molecule has 7 nitrogen and oxygen atoms in total. The van der Waals surface area contributed by atoms with Gasteiger partial charge in [0, 0.05) is 41.1 Å². The summed E-state index contributed by atoms with van der Waals surface area (Å²) in [5.41, 5.74) is 5.13. The molecule has 0 saturated heterocycles. The second-order valence-corrected chi connectivity index (χ2v) is 9.21. The number of amides is 2. The number of pyridine rings is 1. The summed E-state index contributed by atoms with van der Waals surface area (Å²) >= 11 is 18.1. The van der Waals surface area contributed by atoms with Gasteiger partial charge in [0.2, 0.25) is 0 Å². The second kappa shape index (κ2) is 10.5. The van der Waals surface area contributed by atoms with Crippen molar-refractivity contribution in [1.82, 2.24) is 14.8 Å². The lowest BCUT2D eigenvalue weighted by atomic mass is 10.0. The number of hydrogen-bond acceptors (Lipinski definition) is 4. The van der Waals surface area contributed by atoms with E-state index in [0.717, 1.165) is 22.4 Å². The number of nitrogens with one attached hydrogen (secondary N) is 2. The summed E-state index contributed by atoms with van der Waals surface area (Å²) < 4.78 is 1.74. The van der Waals surface area contributed by atoms with Crippen LogP contribution in [0.15, 0.2) is 91.4 Å². The molecule has 0 saturated carbocycles. The van der Waals surface area contributed by atoms with Crippen molar-refractivity contribution < 1.29 is 9.90 Å². The molecule has 0 fully saturated rings. The van der Waals surface area contributed by atoms with Gasteiger partial charge in [-0.2, -0.15) is 5.10 Å². The van der Waals surface area contributed by atoms with Crippen LogP contribution in [0.2, 0.25) is 15.1 Å². The minimum absolute atomic E-state index is 0.00148. The molecule has 37 heavy (non-hydrogen) atoms. The number of rotatable bonds is 5. The van der Waals surface area contributed by atoms with Gasteiger partial charge in [0.05, 0.1) is 20.8 Å². The Morgan fingerprint density at radius 1 is 0.757 bits per heavy atom. The summed E-state index contributed by atoms with van der Waals surface area (Å²) in [4.78, 5) is 16.5. The molecule has 0 bridgehead atoms. The van der Waals surface area contributed by atoms with Crippen molar-refractivity contribution in [3.05, 3.63) is 106 Å². The number of carbonyl (C=O) groups excluding carboxylic acids is 1. The third-order valence-electron chi connectivity index (χ3n) is 5.49. The SMILES string of the molecule is O=C(Nc1ccc(-n2cc(-c3ccncc3)c(-c3ccc(O)c(Cl)c3)n2)cc1)Nc1ccc(Cl)c(Cl)c1. The molecule has 3 aromatic carbocycles. The molecule has 0 atom stereocenters. The maximum atomic E-state index is 12.4.